The van der Waals surface area contributed by atoms with Crippen molar-refractivity contribution in [2.75, 3.05) is 20.7 Å². The van der Waals surface area contributed by atoms with Crippen LogP contribution < -0.4 is 10.6 Å². The molecule has 0 bridgehead atoms. The number of aryl methyl sites for hydroxylation is 1. The Morgan fingerprint density at radius 1 is 1.32 bits per heavy atom. The average molecular weight is 386 g/mol. The standard InChI is InChI=1S/C20H23FN4O3/c1-12-17(19(26)27-3)9-15(28-12)11-25-20(22-2)23-7-6-13-10-24-18-8-14(21)4-5-16(13)18/h4-5,8-10,24H,6-7,11H2,1-3H3,(H2,22,23,25). The number of nitrogens with one attached hydrogen (secondary N) is 3. The summed E-state index contributed by atoms with van der Waals surface area (Å²) in [7, 11) is 3.01. The molecule has 0 aliphatic heterocycles. The Labute approximate surface area is 162 Å². The van der Waals surface area contributed by atoms with E-state index >= 15 is 0 Å². The molecule has 2 aromatic heterocycles. The zero-order chi connectivity index (χ0) is 20.1. The first-order valence-electron chi connectivity index (χ1n) is 8.89. The minimum absolute atomic E-state index is 0.257. The van der Waals surface area contributed by atoms with E-state index in [9.17, 15) is 9.18 Å². The van der Waals surface area contributed by atoms with E-state index in [0.717, 1.165) is 22.9 Å². The number of carbonyl (C=O) groups excluding carboxylic acids is 1. The summed E-state index contributed by atoms with van der Waals surface area (Å²) >= 11 is 0. The minimum atomic E-state index is -0.423. The lowest BCUT2D eigenvalue weighted by molar-refractivity contribution is 0.0599. The first-order chi connectivity index (χ1) is 13.5. The van der Waals surface area contributed by atoms with Gasteiger partial charge in [0.15, 0.2) is 5.96 Å². The van der Waals surface area contributed by atoms with Crippen LogP contribution in [0.4, 0.5) is 4.39 Å². The highest BCUT2D eigenvalue weighted by atomic mass is 19.1. The SMILES string of the molecule is CN=C(NCCc1c[nH]c2cc(F)ccc12)NCc1cc(C(=O)OC)c(C)o1. The number of benzene rings is 1. The van der Waals surface area contributed by atoms with Crippen LogP contribution >= 0.6 is 0 Å². The number of methoxy groups -OCH3 is 1. The molecule has 3 N–H and O–H groups in total. The molecule has 3 aromatic rings. The number of nitrogens with zero attached hydrogens (tertiary/aromatic N) is 1. The van der Waals surface area contributed by atoms with Crippen molar-refractivity contribution in [2.24, 2.45) is 4.99 Å². The third-order valence-corrected chi connectivity index (χ3v) is 4.44. The van der Waals surface area contributed by atoms with Gasteiger partial charge in [0.25, 0.3) is 0 Å². The van der Waals surface area contributed by atoms with E-state index in [2.05, 4.69) is 20.6 Å². The topological polar surface area (TPSA) is 91.7 Å². The van der Waals surface area contributed by atoms with E-state index in [1.165, 1.54) is 19.2 Å². The van der Waals surface area contributed by atoms with Crippen molar-refractivity contribution in [3.63, 3.8) is 0 Å². The molecule has 0 radical (unpaired) electrons. The molecule has 0 amide bonds. The molecule has 0 fully saturated rings. The summed E-state index contributed by atoms with van der Waals surface area (Å²) in [4.78, 5) is 18.9. The number of aliphatic imine (C=N–C) groups is 1. The first kappa shape index (κ1) is 19.5. The lowest BCUT2D eigenvalue weighted by Gasteiger charge is -2.10. The second kappa shape index (κ2) is 8.60. The number of hydrogen-bond acceptors (Lipinski definition) is 4. The maximum absolute atomic E-state index is 13.3. The summed E-state index contributed by atoms with van der Waals surface area (Å²) in [5.41, 5.74) is 2.30. The highest BCUT2D eigenvalue weighted by Crippen LogP contribution is 2.19. The molecule has 1 aromatic carbocycles. The number of aromatic nitrogens is 1. The number of aromatic amines is 1. The maximum atomic E-state index is 13.3. The van der Waals surface area contributed by atoms with Crippen molar-refractivity contribution < 1.29 is 18.3 Å². The van der Waals surface area contributed by atoms with Gasteiger partial charge in [-0.25, -0.2) is 9.18 Å². The van der Waals surface area contributed by atoms with E-state index in [1.807, 2.05) is 6.20 Å². The Morgan fingerprint density at radius 3 is 2.89 bits per heavy atom. The summed E-state index contributed by atoms with van der Waals surface area (Å²) in [5, 5.41) is 7.38. The van der Waals surface area contributed by atoms with Crippen LogP contribution in [0.25, 0.3) is 10.9 Å². The minimum Gasteiger partial charge on any atom is -0.465 e. The number of guanidine groups is 1. The van der Waals surface area contributed by atoms with Crippen LogP contribution in [0.15, 0.2) is 39.9 Å². The third kappa shape index (κ3) is 4.33. The molecule has 0 unspecified atom stereocenters. The number of H-pyrrole nitrogens is 1. The van der Waals surface area contributed by atoms with Crippen molar-refractivity contribution in [3.8, 4) is 0 Å². The van der Waals surface area contributed by atoms with Crippen molar-refractivity contribution in [2.45, 2.75) is 19.9 Å². The normalized spacial score (nSPS) is 11.6. The second-order valence-electron chi connectivity index (χ2n) is 6.28. The van der Waals surface area contributed by atoms with Crippen LogP contribution in [0.5, 0.6) is 0 Å². The number of ether oxygens (including phenoxy) is 1. The number of rotatable bonds is 6. The van der Waals surface area contributed by atoms with Gasteiger partial charge in [0.05, 0.1) is 13.7 Å². The molecule has 148 valence electrons. The van der Waals surface area contributed by atoms with Crippen LogP contribution in [-0.4, -0.2) is 37.6 Å². The zero-order valence-corrected chi connectivity index (χ0v) is 16.1. The van der Waals surface area contributed by atoms with Crippen LogP contribution in [0.1, 0.15) is 27.4 Å². The number of carbonyl (C=O) groups is 1. The molecule has 7 nitrogen and oxygen atoms in total. The summed E-state index contributed by atoms with van der Waals surface area (Å²) in [6.07, 6.45) is 2.64. The Kier molecular flexibility index (Phi) is 5.98. The molecule has 0 saturated carbocycles. The number of fused-ring (bicyclic) bond motifs is 1. The summed E-state index contributed by atoms with van der Waals surface area (Å²) in [6.45, 7) is 2.74. The van der Waals surface area contributed by atoms with Gasteiger partial charge in [-0.15, -0.1) is 0 Å². The van der Waals surface area contributed by atoms with Crippen molar-refractivity contribution >= 4 is 22.8 Å². The average Bonchev–Trinajstić information content (AvgIpc) is 3.26. The fraction of sp³-hybridized carbons (Fsp3) is 0.300. The highest BCUT2D eigenvalue weighted by Gasteiger charge is 2.15. The van der Waals surface area contributed by atoms with Crippen molar-refractivity contribution in [1.82, 2.24) is 15.6 Å². The maximum Gasteiger partial charge on any atom is 0.341 e. The molecule has 2 heterocycles. The molecule has 3 rings (SSSR count). The number of esters is 1. The smallest absolute Gasteiger partial charge is 0.341 e. The summed E-state index contributed by atoms with van der Waals surface area (Å²) in [6, 6.07) is 6.39. The molecule has 0 aliphatic carbocycles. The van der Waals surface area contributed by atoms with E-state index in [0.29, 0.717) is 36.1 Å². The monoisotopic (exact) mass is 386 g/mol. The first-order valence-corrected chi connectivity index (χ1v) is 8.89. The van der Waals surface area contributed by atoms with Gasteiger partial charge in [-0.05, 0) is 43.2 Å². The van der Waals surface area contributed by atoms with Gasteiger partial charge >= 0.3 is 5.97 Å². The van der Waals surface area contributed by atoms with Gasteiger partial charge in [0.1, 0.15) is 22.9 Å². The molecule has 28 heavy (non-hydrogen) atoms. The summed E-state index contributed by atoms with van der Waals surface area (Å²) in [5.74, 6) is 1.06. The predicted molar refractivity (Wildman–Crippen MR) is 105 cm³/mol. The molecule has 8 heteroatoms. The van der Waals surface area contributed by atoms with Gasteiger partial charge in [0, 0.05) is 30.7 Å². The second-order valence-corrected chi connectivity index (χ2v) is 6.28. The van der Waals surface area contributed by atoms with Gasteiger partial charge in [-0.3, -0.25) is 4.99 Å². The van der Waals surface area contributed by atoms with E-state index in [-0.39, 0.29) is 5.82 Å². The molecule has 0 aliphatic rings. The molecule has 0 saturated heterocycles. The zero-order valence-electron chi connectivity index (χ0n) is 16.1. The Bertz CT molecular complexity index is 1010. The van der Waals surface area contributed by atoms with Crippen molar-refractivity contribution in [1.29, 1.82) is 0 Å². The van der Waals surface area contributed by atoms with E-state index in [1.54, 1.807) is 26.1 Å². The Morgan fingerprint density at radius 2 is 2.14 bits per heavy atom. The number of halogens is 1. The van der Waals surface area contributed by atoms with Gasteiger partial charge in [-0.1, -0.05) is 0 Å². The lowest BCUT2D eigenvalue weighted by Crippen LogP contribution is -2.37. The molecule has 0 spiro atoms. The predicted octanol–water partition coefficient (Wildman–Crippen LogP) is 2.90. The fourth-order valence-corrected chi connectivity index (χ4v) is 3.02. The number of furan rings is 1. The molecule has 0 atom stereocenters. The van der Waals surface area contributed by atoms with E-state index < -0.39 is 5.97 Å². The highest BCUT2D eigenvalue weighted by molar-refractivity contribution is 5.90. The van der Waals surface area contributed by atoms with Gasteiger partial charge in [0.2, 0.25) is 0 Å². The Balaban J connectivity index is 1.53. The van der Waals surface area contributed by atoms with Crippen LogP contribution in [0.2, 0.25) is 0 Å². The van der Waals surface area contributed by atoms with Crippen LogP contribution in [-0.2, 0) is 17.7 Å². The van der Waals surface area contributed by atoms with Crippen LogP contribution in [0, 0.1) is 12.7 Å². The number of hydrogen-bond donors (Lipinski definition) is 3. The van der Waals surface area contributed by atoms with Gasteiger partial charge < -0.3 is 24.8 Å². The van der Waals surface area contributed by atoms with Crippen molar-refractivity contribution in [3.05, 3.63) is 58.9 Å². The molecular weight excluding hydrogens is 363 g/mol. The Hall–Kier alpha value is -3.29. The van der Waals surface area contributed by atoms with E-state index in [4.69, 9.17) is 9.15 Å². The van der Waals surface area contributed by atoms with Crippen LogP contribution in [0.3, 0.4) is 0 Å². The van der Waals surface area contributed by atoms with Gasteiger partial charge in [-0.2, -0.15) is 0 Å². The summed E-state index contributed by atoms with van der Waals surface area (Å²) < 4.78 is 23.6. The largest absolute Gasteiger partial charge is 0.465 e. The quantitative estimate of drug-likeness (QED) is 0.344. The third-order valence-electron chi connectivity index (χ3n) is 4.44. The lowest BCUT2D eigenvalue weighted by atomic mass is 10.1. The molecular formula is C20H23FN4O3. The fourth-order valence-electron chi connectivity index (χ4n) is 3.02.